The van der Waals surface area contributed by atoms with E-state index in [0.29, 0.717) is 17.1 Å². The Kier molecular flexibility index (Phi) is 5.11. The standard InChI is InChI=1S/C18H17ClN2O2S/c1-12-10-18(23)21(15-4-2-3-5-16(15)24-12)11-17(22)20-14-8-6-13(19)7-9-14/h2-9,12H,10-11H2,1H3,(H,20,22)/t12-/m0/s1. The van der Waals surface area contributed by atoms with E-state index in [4.69, 9.17) is 11.6 Å². The number of nitrogens with one attached hydrogen (secondary N) is 1. The van der Waals surface area contributed by atoms with E-state index in [0.717, 1.165) is 10.6 Å². The number of carbonyl (C=O) groups excluding carboxylic acids is 2. The van der Waals surface area contributed by atoms with E-state index in [1.165, 1.54) is 0 Å². The van der Waals surface area contributed by atoms with Crippen LogP contribution < -0.4 is 10.2 Å². The Bertz CT molecular complexity index is 764. The molecule has 24 heavy (non-hydrogen) atoms. The summed E-state index contributed by atoms with van der Waals surface area (Å²) >= 11 is 7.51. The van der Waals surface area contributed by atoms with Crippen molar-refractivity contribution < 1.29 is 9.59 Å². The SMILES string of the molecule is C[C@H]1CC(=O)N(CC(=O)Nc2ccc(Cl)cc2)c2ccccc2S1. The zero-order valence-corrected chi connectivity index (χ0v) is 14.7. The number of fused-ring (bicyclic) bond motifs is 1. The maximum Gasteiger partial charge on any atom is 0.244 e. The van der Waals surface area contributed by atoms with Gasteiger partial charge in [-0.3, -0.25) is 9.59 Å². The molecular weight excluding hydrogens is 344 g/mol. The highest BCUT2D eigenvalue weighted by atomic mass is 35.5. The van der Waals surface area contributed by atoms with Gasteiger partial charge in [-0.25, -0.2) is 0 Å². The van der Waals surface area contributed by atoms with Crippen molar-refractivity contribution in [3.63, 3.8) is 0 Å². The van der Waals surface area contributed by atoms with E-state index >= 15 is 0 Å². The first-order valence-corrected chi connectivity index (χ1v) is 8.90. The van der Waals surface area contributed by atoms with Crippen molar-refractivity contribution in [3.8, 4) is 0 Å². The molecule has 1 aliphatic rings. The maximum atomic E-state index is 12.5. The second kappa shape index (κ2) is 7.28. The molecule has 2 aromatic carbocycles. The Balaban J connectivity index is 1.78. The van der Waals surface area contributed by atoms with Gasteiger partial charge in [0.2, 0.25) is 11.8 Å². The lowest BCUT2D eigenvalue weighted by Gasteiger charge is -2.22. The Morgan fingerprint density at radius 3 is 2.71 bits per heavy atom. The minimum atomic E-state index is -0.236. The number of hydrogen-bond acceptors (Lipinski definition) is 3. The van der Waals surface area contributed by atoms with Gasteiger partial charge >= 0.3 is 0 Å². The average molecular weight is 361 g/mol. The molecule has 0 bridgehead atoms. The molecule has 1 N–H and O–H groups in total. The molecule has 3 rings (SSSR count). The quantitative estimate of drug-likeness (QED) is 0.892. The summed E-state index contributed by atoms with van der Waals surface area (Å²) in [7, 11) is 0. The smallest absolute Gasteiger partial charge is 0.244 e. The number of amides is 2. The van der Waals surface area contributed by atoms with Gasteiger partial charge in [-0.2, -0.15) is 0 Å². The zero-order valence-electron chi connectivity index (χ0n) is 13.2. The van der Waals surface area contributed by atoms with Crippen LogP contribution in [0.2, 0.25) is 5.02 Å². The molecule has 1 heterocycles. The Morgan fingerprint density at radius 2 is 1.96 bits per heavy atom. The summed E-state index contributed by atoms with van der Waals surface area (Å²) in [6.45, 7) is 2.02. The number of hydrogen-bond donors (Lipinski definition) is 1. The normalized spacial score (nSPS) is 17.2. The van der Waals surface area contributed by atoms with Crippen molar-refractivity contribution in [1.29, 1.82) is 0 Å². The van der Waals surface area contributed by atoms with Crippen LogP contribution in [-0.4, -0.2) is 23.6 Å². The largest absolute Gasteiger partial charge is 0.325 e. The van der Waals surface area contributed by atoms with Gasteiger partial charge in [-0.1, -0.05) is 30.7 Å². The van der Waals surface area contributed by atoms with E-state index in [1.54, 1.807) is 40.9 Å². The molecule has 0 aromatic heterocycles. The molecule has 0 fully saturated rings. The third-order valence-electron chi connectivity index (χ3n) is 3.68. The summed E-state index contributed by atoms with van der Waals surface area (Å²) in [5.74, 6) is -0.272. The third kappa shape index (κ3) is 3.91. The highest BCUT2D eigenvalue weighted by molar-refractivity contribution is 8.00. The fourth-order valence-corrected chi connectivity index (χ4v) is 3.82. The fraction of sp³-hybridized carbons (Fsp3) is 0.222. The van der Waals surface area contributed by atoms with Gasteiger partial charge in [0.15, 0.2) is 0 Å². The number of anilines is 2. The van der Waals surface area contributed by atoms with Crippen molar-refractivity contribution in [2.75, 3.05) is 16.8 Å². The summed E-state index contributed by atoms with van der Waals surface area (Å²) in [4.78, 5) is 27.5. The summed E-state index contributed by atoms with van der Waals surface area (Å²) in [6, 6.07) is 14.6. The van der Waals surface area contributed by atoms with E-state index in [9.17, 15) is 9.59 Å². The lowest BCUT2D eigenvalue weighted by atomic mass is 10.2. The molecule has 0 aliphatic carbocycles. The molecule has 2 amide bonds. The highest BCUT2D eigenvalue weighted by Gasteiger charge is 2.27. The molecule has 0 radical (unpaired) electrons. The van der Waals surface area contributed by atoms with Crippen molar-refractivity contribution in [2.45, 2.75) is 23.5 Å². The zero-order chi connectivity index (χ0) is 17.1. The molecule has 0 unspecified atom stereocenters. The second-order valence-corrected chi connectivity index (χ2v) is 7.55. The average Bonchev–Trinajstić information content (AvgIpc) is 2.66. The van der Waals surface area contributed by atoms with E-state index in [2.05, 4.69) is 5.32 Å². The van der Waals surface area contributed by atoms with Crippen LogP contribution in [0, 0.1) is 0 Å². The van der Waals surface area contributed by atoms with E-state index in [-0.39, 0.29) is 23.6 Å². The third-order valence-corrected chi connectivity index (χ3v) is 5.10. The van der Waals surface area contributed by atoms with Gasteiger partial charge in [0.25, 0.3) is 0 Å². The van der Waals surface area contributed by atoms with E-state index in [1.807, 2.05) is 31.2 Å². The molecule has 6 heteroatoms. The van der Waals surface area contributed by atoms with Gasteiger partial charge in [0, 0.05) is 27.3 Å². The van der Waals surface area contributed by atoms with Crippen LogP contribution in [0.3, 0.4) is 0 Å². The van der Waals surface area contributed by atoms with Crippen LogP contribution in [0.25, 0.3) is 0 Å². The highest BCUT2D eigenvalue weighted by Crippen LogP contribution is 2.37. The number of benzene rings is 2. The van der Waals surface area contributed by atoms with Gasteiger partial charge in [0.1, 0.15) is 6.54 Å². The summed E-state index contributed by atoms with van der Waals surface area (Å²) in [5, 5.41) is 3.59. The lowest BCUT2D eigenvalue weighted by Crippen LogP contribution is -2.38. The first-order valence-electron chi connectivity index (χ1n) is 7.64. The summed E-state index contributed by atoms with van der Waals surface area (Å²) in [5.41, 5.74) is 1.45. The van der Waals surface area contributed by atoms with Crippen molar-refractivity contribution >= 4 is 46.6 Å². The van der Waals surface area contributed by atoms with Crippen LogP contribution >= 0.6 is 23.4 Å². The first-order chi connectivity index (χ1) is 11.5. The fourth-order valence-electron chi connectivity index (χ4n) is 2.58. The van der Waals surface area contributed by atoms with Crippen LogP contribution in [0.15, 0.2) is 53.4 Å². The van der Waals surface area contributed by atoms with Gasteiger partial charge in [-0.15, -0.1) is 11.8 Å². The number of thioether (sulfide) groups is 1. The monoisotopic (exact) mass is 360 g/mol. The number of nitrogens with zero attached hydrogens (tertiary/aromatic N) is 1. The Morgan fingerprint density at radius 1 is 1.25 bits per heavy atom. The second-order valence-electron chi connectivity index (χ2n) is 5.64. The van der Waals surface area contributed by atoms with Crippen molar-refractivity contribution in [2.24, 2.45) is 0 Å². The van der Waals surface area contributed by atoms with E-state index < -0.39 is 0 Å². The topological polar surface area (TPSA) is 49.4 Å². The van der Waals surface area contributed by atoms with Crippen LogP contribution in [0.1, 0.15) is 13.3 Å². The minimum Gasteiger partial charge on any atom is -0.325 e. The van der Waals surface area contributed by atoms with Crippen LogP contribution in [0.5, 0.6) is 0 Å². The summed E-state index contributed by atoms with van der Waals surface area (Å²) in [6.07, 6.45) is 0.410. The Hall–Kier alpha value is -1.98. The van der Waals surface area contributed by atoms with Gasteiger partial charge in [0.05, 0.1) is 5.69 Å². The molecule has 0 spiro atoms. The van der Waals surface area contributed by atoms with Gasteiger partial charge in [-0.05, 0) is 36.4 Å². The Labute approximate surface area is 150 Å². The first kappa shape index (κ1) is 16.9. The number of rotatable bonds is 3. The predicted molar refractivity (Wildman–Crippen MR) is 98.8 cm³/mol. The molecule has 2 aromatic rings. The molecule has 4 nitrogen and oxygen atoms in total. The maximum absolute atomic E-state index is 12.5. The molecule has 1 aliphatic heterocycles. The molecular formula is C18H17ClN2O2S. The minimum absolute atomic E-state index is 0.00818. The predicted octanol–water partition coefficient (Wildman–Crippen LogP) is 4.20. The van der Waals surface area contributed by atoms with Crippen LogP contribution in [-0.2, 0) is 9.59 Å². The van der Waals surface area contributed by atoms with Crippen LogP contribution in [0.4, 0.5) is 11.4 Å². The number of carbonyl (C=O) groups is 2. The molecule has 1 atom stereocenters. The number of halogens is 1. The van der Waals surface area contributed by atoms with Gasteiger partial charge < -0.3 is 10.2 Å². The van der Waals surface area contributed by atoms with Crippen molar-refractivity contribution in [1.82, 2.24) is 0 Å². The molecule has 124 valence electrons. The number of para-hydroxylation sites is 1. The summed E-state index contributed by atoms with van der Waals surface area (Å²) < 4.78 is 0. The van der Waals surface area contributed by atoms with Crippen molar-refractivity contribution in [3.05, 3.63) is 53.6 Å². The molecule has 0 saturated carbocycles. The lowest BCUT2D eigenvalue weighted by molar-refractivity contribution is -0.121. The molecule has 0 saturated heterocycles.